The molecule has 0 bridgehead atoms. The van der Waals surface area contributed by atoms with Gasteiger partial charge in [0.2, 0.25) is 0 Å². The second-order valence-electron chi connectivity index (χ2n) is 5.21. The number of nitriles is 1. The van der Waals surface area contributed by atoms with Crippen LogP contribution < -0.4 is 5.32 Å². The van der Waals surface area contributed by atoms with Gasteiger partial charge < -0.3 is 10.1 Å². The molecular weight excluding hydrogens is 247 g/mol. The molecule has 0 aromatic heterocycles. The Labute approximate surface area is 112 Å². The van der Waals surface area contributed by atoms with Gasteiger partial charge >= 0.3 is 5.97 Å². The number of anilines is 1. The Morgan fingerprint density at radius 1 is 1.47 bits per heavy atom. The monoisotopic (exact) mass is 264 g/mol. The van der Waals surface area contributed by atoms with E-state index in [0.29, 0.717) is 0 Å². The van der Waals surface area contributed by atoms with E-state index in [4.69, 9.17) is 10.00 Å². The molecule has 5 heteroatoms. The highest BCUT2D eigenvalue weighted by Crippen LogP contribution is 2.17. The molecule has 19 heavy (non-hydrogen) atoms. The summed E-state index contributed by atoms with van der Waals surface area (Å²) in [6.07, 6.45) is 0. The minimum absolute atomic E-state index is 0.164. The number of hydrogen-bond acceptors (Lipinski definition) is 4. The Bertz CT molecular complexity index is 515. The fourth-order valence-corrected chi connectivity index (χ4v) is 1.38. The van der Waals surface area contributed by atoms with Crippen molar-refractivity contribution in [2.75, 3.05) is 5.32 Å². The molecule has 4 nitrogen and oxygen atoms in total. The second kappa shape index (κ2) is 5.70. The lowest BCUT2D eigenvalue weighted by Crippen LogP contribution is -2.34. The Kier molecular flexibility index (Phi) is 4.49. The van der Waals surface area contributed by atoms with Crippen molar-refractivity contribution in [3.63, 3.8) is 0 Å². The van der Waals surface area contributed by atoms with Crippen molar-refractivity contribution in [2.24, 2.45) is 0 Å². The lowest BCUT2D eigenvalue weighted by Gasteiger charge is -2.23. The predicted molar refractivity (Wildman–Crippen MR) is 70.0 cm³/mol. The molecule has 1 rings (SSSR count). The van der Waals surface area contributed by atoms with Gasteiger partial charge in [-0.2, -0.15) is 5.26 Å². The zero-order chi connectivity index (χ0) is 14.6. The third kappa shape index (κ3) is 4.59. The van der Waals surface area contributed by atoms with Crippen molar-refractivity contribution in [1.29, 1.82) is 5.26 Å². The Morgan fingerprint density at radius 3 is 2.58 bits per heavy atom. The summed E-state index contributed by atoms with van der Waals surface area (Å²) in [5.74, 6) is -1.04. The van der Waals surface area contributed by atoms with Gasteiger partial charge in [0.15, 0.2) is 0 Å². The largest absolute Gasteiger partial charge is 0.458 e. The van der Waals surface area contributed by atoms with Crippen LogP contribution in [0.2, 0.25) is 0 Å². The second-order valence-corrected chi connectivity index (χ2v) is 5.21. The van der Waals surface area contributed by atoms with Gasteiger partial charge in [-0.25, -0.2) is 9.18 Å². The van der Waals surface area contributed by atoms with Crippen LogP contribution in [-0.4, -0.2) is 17.6 Å². The van der Waals surface area contributed by atoms with Crippen molar-refractivity contribution >= 4 is 11.7 Å². The molecule has 0 saturated carbocycles. The smallest absolute Gasteiger partial charge is 0.328 e. The van der Waals surface area contributed by atoms with Crippen LogP contribution in [0.3, 0.4) is 0 Å². The highest BCUT2D eigenvalue weighted by molar-refractivity contribution is 5.79. The number of carbonyl (C=O) groups excluding carboxylic acids is 1. The summed E-state index contributed by atoms with van der Waals surface area (Å²) in [5, 5.41) is 11.4. The van der Waals surface area contributed by atoms with Gasteiger partial charge in [0, 0.05) is 0 Å². The number of nitrogens with zero attached hydrogens (tertiary/aromatic N) is 1. The molecule has 0 aliphatic carbocycles. The minimum atomic E-state index is -0.679. The zero-order valence-electron chi connectivity index (χ0n) is 11.5. The fraction of sp³-hybridized carbons (Fsp3) is 0.429. The molecule has 0 heterocycles. The number of benzene rings is 1. The van der Waals surface area contributed by atoms with Crippen LogP contribution in [0.15, 0.2) is 18.2 Å². The number of nitrogens with one attached hydrogen (secondary N) is 1. The third-order valence-corrected chi connectivity index (χ3v) is 2.23. The van der Waals surface area contributed by atoms with E-state index in [1.165, 1.54) is 12.1 Å². The lowest BCUT2D eigenvalue weighted by atomic mass is 10.2. The van der Waals surface area contributed by atoms with Crippen LogP contribution >= 0.6 is 0 Å². The normalized spacial score (nSPS) is 12.4. The number of ether oxygens (including phenoxy) is 1. The van der Waals surface area contributed by atoms with E-state index in [-0.39, 0.29) is 11.3 Å². The van der Waals surface area contributed by atoms with Crippen LogP contribution in [0.5, 0.6) is 0 Å². The fourth-order valence-electron chi connectivity index (χ4n) is 1.38. The first kappa shape index (κ1) is 15.0. The van der Waals surface area contributed by atoms with Gasteiger partial charge in [-0.05, 0) is 45.9 Å². The van der Waals surface area contributed by atoms with E-state index < -0.39 is 23.4 Å². The average Bonchev–Trinajstić information content (AvgIpc) is 2.29. The number of esters is 1. The third-order valence-electron chi connectivity index (χ3n) is 2.23. The summed E-state index contributed by atoms with van der Waals surface area (Å²) < 4.78 is 18.8. The van der Waals surface area contributed by atoms with Gasteiger partial charge in [0.1, 0.15) is 17.5 Å². The summed E-state index contributed by atoms with van der Waals surface area (Å²) >= 11 is 0. The first-order chi connectivity index (χ1) is 8.73. The van der Waals surface area contributed by atoms with Crippen LogP contribution in [0, 0.1) is 17.1 Å². The zero-order valence-corrected chi connectivity index (χ0v) is 11.5. The molecule has 1 unspecified atom stereocenters. The van der Waals surface area contributed by atoms with Crippen molar-refractivity contribution in [3.05, 3.63) is 29.6 Å². The van der Waals surface area contributed by atoms with E-state index >= 15 is 0 Å². The summed E-state index contributed by atoms with van der Waals surface area (Å²) in [6, 6.07) is 5.18. The van der Waals surface area contributed by atoms with Gasteiger partial charge in [-0.15, -0.1) is 0 Å². The summed E-state index contributed by atoms with van der Waals surface area (Å²) in [5.41, 5.74) is -0.193. The molecule has 0 spiro atoms. The highest BCUT2D eigenvalue weighted by atomic mass is 19.1. The number of halogens is 1. The Hall–Kier alpha value is -2.09. The van der Waals surface area contributed by atoms with Crippen LogP contribution in [0.25, 0.3) is 0 Å². The molecule has 0 radical (unpaired) electrons. The molecule has 1 aromatic carbocycles. The van der Waals surface area contributed by atoms with Crippen LogP contribution in [-0.2, 0) is 9.53 Å². The van der Waals surface area contributed by atoms with Crippen molar-refractivity contribution in [2.45, 2.75) is 39.3 Å². The molecule has 0 aliphatic rings. The van der Waals surface area contributed by atoms with Gasteiger partial charge in [0.05, 0.1) is 17.3 Å². The van der Waals surface area contributed by atoms with Crippen LogP contribution in [0.1, 0.15) is 33.3 Å². The maximum absolute atomic E-state index is 13.6. The molecular formula is C14H17FN2O2. The van der Waals surface area contributed by atoms with Crippen LogP contribution in [0.4, 0.5) is 10.1 Å². The molecule has 0 amide bonds. The molecule has 0 aliphatic heterocycles. The Balaban J connectivity index is 2.75. The highest BCUT2D eigenvalue weighted by Gasteiger charge is 2.22. The predicted octanol–water partition coefficient (Wildman–Crippen LogP) is 2.84. The molecule has 1 atom stereocenters. The lowest BCUT2D eigenvalue weighted by molar-refractivity contribution is -0.155. The first-order valence-electron chi connectivity index (χ1n) is 5.92. The Morgan fingerprint density at radius 2 is 2.11 bits per heavy atom. The molecule has 1 N–H and O–H groups in total. The standard InChI is InChI=1S/C14H17FN2O2/c1-9(13(18)19-14(2,3)4)17-12-6-5-10(8-16)7-11(12)15/h5-7,9,17H,1-4H3. The summed E-state index contributed by atoms with van der Waals surface area (Å²) in [4.78, 5) is 11.7. The van der Waals surface area contributed by atoms with Crippen molar-refractivity contribution in [3.8, 4) is 6.07 Å². The number of carbonyl (C=O) groups is 1. The SMILES string of the molecule is CC(Nc1ccc(C#N)cc1F)C(=O)OC(C)(C)C. The van der Waals surface area contributed by atoms with E-state index in [0.717, 1.165) is 6.07 Å². The molecule has 0 fully saturated rings. The van der Waals surface area contributed by atoms with Gasteiger partial charge in [-0.1, -0.05) is 0 Å². The van der Waals surface area contributed by atoms with E-state index in [2.05, 4.69) is 5.32 Å². The van der Waals surface area contributed by atoms with Crippen molar-refractivity contribution in [1.82, 2.24) is 0 Å². The van der Waals surface area contributed by atoms with E-state index in [1.54, 1.807) is 27.7 Å². The summed E-state index contributed by atoms with van der Waals surface area (Å²) in [7, 11) is 0. The number of hydrogen-bond donors (Lipinski definition) is 1. The molecule has 0 saturated heterocycles. The van der Waals surface area contributed by atoms with E-state index in [9.17, 15) is 9.18 Å². The quantitative estimate of drug-likeness (QED) is 0.853. The number of rotatable bonds is 3. The summed E-state index contributed by atoms with van der Waals surface area (Å²) in [6.45, 7) is 6.88. The molecule has 102 valence electrons. The van der Waals surface area contributed by atoms with Crippen molar-refractivity contribution < 1.29 is 13.9 Å². The topological polar surface area (TPSA) is 62.1 Å². The van der Waals surface area contributed by atoms with E-state index in [1.807, 2.05) is 6.07 Å². The minimum Gasteiger partial charge on any atom is -0.458 e. The molecule has 1 aromatic rings. The maximum Gasteiger partial charge on any atom is 0.328 e. The average molecular weight is 264 g/mol. The van der Waals surface area contributed by atoms with Gasteiger partial charge in [0.25, 0.3) is 0 Å². The first-order valence-corrected chi connectivity index (χ1v) is 5.92. The maximum atomic E-state index is 13.6. The van der Waals surface area contributed by atoms with Gasteiger partial charge in [-0.3, -0.25) is 0 Å².